The third kappa shape index (κ3) is 7.22. The van der Waals surface area contributed by atoms with E-state index in [1.165, 1.54) is 43.7 Å². The summed E-state index contributed by atoms with van der Waals surface area (Å²) < 4.78 is 35.5. The average molecular weight is 507 g/mol. The van der Waals surface area contributed by atoms with Crippen LogP contribution in [0.15, 0.2) is 53.3 Å². The van der Waals surface area contributed by atoms with E-state index in [9.17, 15) is 28.0 Å². The second-order valence-electron chi connectivity index (χ2n) is 7.60. The Kier molecular flexibility index (Phi) is 10.3. The molecule has 0 saturated carbocycles. The van der Waals surface area contributed by atoms with E-state index in [0.29, 0.717) is 11.8 Å². The first-order chi connectivity index (χ1) is 17.1. The van der Waals surface area contributed by atoms with Gasteiger partial charge < -0.3 is 19.7 Å². The quantitative estimate of drug-likeness (QED) is 0.238. The number of carbonyl (C=O) groups excluding carboxylic acids is 4. The standard InChI is InChI=1S/C24H27F2N3O7/c1-4-35-20-11-15(9-10-19(20)36-24(25)26)18(12-21(32)28-34)29(3)23(33)22-16(13-30)7-5-6-8-17(22)27-14(2)31/h5-6,8-11,13,18,24,34H,4,7,12H2,1-3H3,(H,27,31)(H,28,32). The van der Waals surface area contributed by atoms with E-state index in [0.717, 1.165) is 4.90 Å². The molecule has 0 bridgehead atoms. The number of amides is 3. The highest BCUT2D eigenvalue weighted by Gasteiger charge is 2.31. The third-order valence-electron chi connectivity index (χ3n) is 5.15. The van der Waals surface area contributed by atoms with Gasteiger partial charge in [0.2, 0.25) is 11.8 Å². The molecule has 1 atom stereocenters. The van der Waals surface area contributed by atoms with E-state index >= 15 is 0 Å². The number of alkyl halides is 2. The van der Waals surface area contributed by atoms with Gasteiger partial charge in [0.1, 0.15) is 6.29 Å². The maximum absolute atomic E-state index is 13.7. The van der Waals surface area contributed by atoms with E-state index in [-0.39, 0.29) is 41.4 Å². The lowest BCUT2D eigenvalue weighted by Crippen LogP contribution is -2.38. The Balaban J connectivity index is 2.58. The van der Waals surface area contributed by atoms with Gasteiger partial charge >= 0.3 is 6.61 Å². The third-order valence-corrected chi connectivity index (χ3v) is 5.15. The van der Waals surface area contributed by atoms with Crippen molar-refractivity contribution in [3.05, 3.63) is 58.8 Å². The highest BCUT2D eigenvalue weighted by molar-refractivity contribution is 6.04. The van der Waals surface area contributed by atoms with Crippen LogP contribution in [-0.2, 0) is 19.2 Å². The minimum Gasteiger partial charge on any atom is -0.490 e. The molecule has 1 aromatic rings. The number of halogens is 2. The van der Waals surface area contributed by atoms with Crippen LogP contribution in [-0.4, -0.2) is 54.4 Å². The summed E-state index contributed by atoms with van der Waals surface area (Å²) in [4.78, 5) is 50.4. The summed E-state index contributed by atoms with van der Waals surface area (Å²) in [6.45, 7) is -0.109. The molecule has 10 nitrogen and oxygen atoms in total. The normalized spacial score (nSPS) is 13.9. The number of aldehydes is 1. The molecule has 1 aliphatic carbocycles. The maximum atomic E-state index is 13.7. The number of hydroxylamine groups is 1. The lowest BCUT2D eigenvalue weighted by molar-refractivity contribution is -0.133. The summed E-state index contributed by atoms with van der Waals surface area (Å²) >= 11 is 0. The van der Waals surface area contributed by atoms with Crippen LogP contribution in [0.25, 0.3) is 0 Å². The van der Waals surface area contributed by atoms with Gasteiger partial charge in [0.15, 0.2) is 11.5 Å². The van der Waals surface area contributed by atoms with Crippen molar-refractivity contribution in [3.8, 4) is 11.5 Å². The molecule has 0 radical (unpaired) electrons. The molecule has 0 heterocycles. The van der Waals surface area contributed by atoms with E-state index < -0.39 is 36.8 Å². The van der Waals surface area contributed by atoms with Crippen LogP contribution in [0.5, 0.6) is 11.5 Å². The molecule has 194 valence electrons. The largest absolute Gasteiger partial charge is 0.490 e. The minimum absolute atomic E-state index is 0.0455. The number of benzene rings is 1. The summed E-state index contributed by atoms with van der Waals surface area (Å²) in [6, 6.07) is 2.88. The predicted molar refractivity (Wildman–Crippen MR) is 123 cm³/mol. The number of hydrogen-bond acceptors (Lipinski definition) is 7. The molecule has 1 aromatic carbocycles. The topological polar surface area (TPSA) is 134 Å². The first-order valence-electron chi connectivity index (χ1n) is 10.9. The molecule has 3 N–H and O–H groups in total. The lowest BCUT2D eigenvalue weighted by Gasteiger charge is -2.30. The molecule has 0 aliphatic heterocycles. The first-order valence-corrected chi connectivity index (χ1v) is 10.9. The molecule has 36 heavy (non-hydrogen) atoms. The van der Waals surface area contributed by atoms with Gasteiger partial charge in [0.05, 0.1) is 30.3 Å². The monoisotopic (exact) mass is 507 g/mol. The zero-order valence-corrected chi connectivity index (χ0v) is 19.9. The van der Waals surface area contributed by atoms with Crippen molar-refractivity contribution in [2.75, 3.05) is 13.7 Å². The fourth-order valence-electron chi connectivity index (χ4n) is 3.58. The van der Waals surface area contributed by atoms with Crippen LogP contribution in [0.1, 0.15) is 38.3 Å². The molecular formula is C24H27F2N3O7. The average Bonchev–Trinajstić information content (AvgIpc) is 3.03. The van der Waals surface area contributed by atoms with Crippen molar-refractivity contribution in [2.45, 2.75) is 39.3 Å². The number of ether oxygens (including phenoxy) is 2. The SMILES string of the molecule is CCOc1cc(C(CC(=O)NO)N(C)C(=O)C2=C(C=O)CC=CC=C2NC(C)=O)ccc1OC(F)F. The van der Waals surface area contributed by atoms with Crippen molar-refractivity contribution in [2.24, 2.45) is 0 Å². The van der Waals surface area contributed by atoms with Crippen LogP contribution in [0.4, 0.5) is 8.78 Å². The Bertz CT molecular complexity index is 1100. The van der Waals surface area contributed by atoms with E-state index in [4.69, 9.17) is 9.94 Å². The van der Waals surface area contributed by atoms with Gasteiger partial charge in [-0.25, -0.2) is 5.48 Å². The van der Waals surface area contributed by atoms with Crippen molar-refractivity contribution in [1.82, 2.24) is 15.7 Å². The summed E-state index contributed by atoms with van der Waals surface area (Å²) in [7, 11) is 1.36. The molecule has 3 amide bonds. The highest BCUT2D eigenvalue weighted by atomic mass is 19.3. The molecule has 1 aliphatic rings. The number of carbonyl (C=O) groups is 4. The summed E-state index contributed by atoms with van der Waals surface area (Å²) in [5.74, 6) is -2.30. The van der Waals surface area contributed by atoms with Gasteiger partial charge in [-0.2, -0.15) is 8.78 Å². The Morgan fingerprint density at radius 2 is 1.97 bits per heavy atom. The van der Waals surface area contributed by atoms with Crippen LogP contribution in [0.2, 0.25) is 0 Å². The fraction of sp³-hybridized carbons (Fsp3) is 0.333. The van der Waals surface area contributed by atoms with E-state index in [1.807, 2.05) is 0 Å². The zero-order chi connectivity index (χ0) is 26.8. The molecule has 0 spiro atoms. The van der Waals surface area contributed by atoms with Crippen LogP contribution in [0, 0.1) is 0 Å². The number of allylic oxidation sites excluding steroid dienone is 4. The molecular weight excluding hydrogens is 480 g/mol. The summed E-state index contributed by atoms with van der Waals surface area (Å²) in [6.07, 6.45) is 4.89. The second-order valence-corrected chi connectivity index (χ2v) is 7.60. The van der Waals surface area contributed by atoms with Gasteiger partial charge in [-0.3, -0.25) is 24.4 Å². The van der Waals surface area contributed by atoms with E-state index in [2.05, 4.69) is 10.1 Å². The second kappa shape index (κ2) is 13.1. The van der Waals surface area contributed by atoms with Crippen molar-refractivity contribution in [1.29, 1.82) is 0 Å². The number of likely N-dealkylation sites (N-methyl/N-ethyl adjacent to an activating group) is 1. The molecule has 0 fully saturated rings. The molecule has 1 unspecified atom stereocenters. The van der Waals surface area contributed by atoms with Crippen molar-refractivity contribution >= 4 is 24.0 Å². The Morgan fingerprint density at radius 1 is 1.25 bits per heavy atom. The number of rotatable bonds is 11. The Morgan fingerprint density at radius 3 is 2.56 bits per heavy atom. The number of hydrogen-bond donors (Lipinski definition) is 3. The lowest BCUT2D eigenvalue weighted by atomic mass is 9.97. The maximum Gasteiger partial charge on any atom is 0.387 e. The minimum atomic E-state index is -3.10. The van der Waals surface area contributed by atoms with Gasteiger partial charge in [-0.1, -0.05) is 18.2 Å². The number of nitrogens with one attached hydrogen (secondary N) is 2. The van der Waals surface area contributed by atoms with Crippen molar-refractivity contribution in [3.63, 3.8) is 0 Å². The van der Waals surface area contributed by atoms with Gasteiger partial charge in [-0.15, -0.1) is 0 Å². The molecule has 12 heteroatoms. The van der Waals surface area contributed by atoms with Crippen molar-refractivity contribution < 1.29 is 42.6 Å². The first kappa shape index (κ1) is 28.2. The van der Waals surface area contributed by atoms with Gasteiger partial charge in [0, 0.05) is 19.5 Å². The zero-order valence-electron chi connectivity index (χ0n) is 19.9. The highest BCUT2D eigenvalue weighted by Crippen LogP contribution is 2.35. The molecule has 0 aromatic heterocycles. The summed E-state index contributed by atoms with van der Waals surface area (Å²) in [5.41, 5.74) is 1.91. The smallest absolute Gasteiger partial charge is 0.387 e. The Hall–Kier alpha value is -4.06. The molecule has 2 rings (SSSR count). The summed E-state index contributed by atoms with van der Waals surface area (Å²) in [5, 5.41) is 11.6. The van der Waals surface area contributed by atoms with Gasteiger partial charge in [0.25, 0.3) is 5.91 Å². The fourth-order valence-corrected chi connectivity index (χ4v) is 3.58. The molecule has 0 saturated heterocycles. The Labute approximate surface area is 206 Å². The van der Waals surface area contributed by atoms with E-state index in [1.54, 1.807) is 19.1 Å². The van der Waals surface area contributed by atoms with Crippen LogP contribution >= 0.6 is 0 Å². The number of nitrogens with zero attached hydrogens (tertiary/aromatic N) is 1. The van der Waals surface area contributed by atoms with Crippen LogP contribution in [0.3, 0.4) is 0 Å². The van der Waals surface area contributed by atoms with Crippen LogP contribution < -0.4 is 20.3 Å². The predicted octanol–water partition coefficient (Wildman–Crippen LogP) is 2.56. The van der Waals surface area contributed by atoms with Gasteiger partial charge in [-0.05, 0) is 37.1 Å².